The van der Waals surface area contributed by atoms with Crippen molar-refractivity contribution < 1.29 is 14.7 Å². The molecule has 2 aromatic rings. The molecule has 0 aromatic heterocycles. The monoisotopic (exact) mass is 331 g/mol. The molecule has 0 saturated carbocycles. The second-order valence-corrected chi connectivity index (χ2v) is 5.75. The lowest BCUT2D eigenvalue weighted by Gasteiger charge is -2.15. The van der Waals surface area contributed by atoms with Crippen molar-refractivity contribution in [2.45, 2.75) is 25.3 Å². The van der Waals surface area contributed by atoms with Crippen LogP contribution >= 0.6 is 11.6 Å². The van der Waals surface area contributed by atoms with Crippen LogP contribution in [0.5, 0.6) is 0 Å². The molecular formula is C18H18ClNO3. The first-order chi connectivity index (χ1) is 11.0. The van der Waals surface area contributed by atoms with E-state index in [1.54, 1.807) is 12.1 Å². The van der Waals surface area contributed by atoms with Crippen LogP contribution in [0.25, 0.3) is 0 Å². The Morgan fingerprint density at radius 3 is 2.26 bits per heavy atom. The smallest absolute Gasteiger partial charge is 0.303 e. The number of amides is 1. The van der Waals surface area contributed by atoms with Crippen molar-refractivity contribution in [3.63, 3.8) is 0 Å². The normalized spacial score (nSPS) is 11.7. The maximum Gasteiger partial charge on any atom is 0.303 e. The van der Waals surface area contributed by atoms with Crippen molar-refractivity contribution in [2.75, 3.05) is 0 Å². The van der Waals surface area contributed by atoms with Crippen LogP contribution in [-0.4, -0.2) is 17.0 Å². The van der Waals surface area contributed by atoms with Crippen LogP contribution in [0.15, 0.2) is 54.6 Å². The fraction of sp³-hybridized carbons (Fsp3) is 0.222. The third-order valence-corrected chi connectivity index (χ3v) is 3.78. The number of hydrogen-bond donors (Lipinski definition) is 2. The molecule has 4 nitrogen and oxygen atoms in total. The van der Waals surface area contributed by atoms with Gasteiger partial charge in [-0.2, -0.15) is 0 Å². The van der Waals surface area contributed by atoms with Gasteiger partial charge >= 0.3 is 5.97 Å². The number of rotatable bonds is 7. The van der Waals surface area contributed by atoms with E-state index in [1.807, 2.05) is 42.5 Å². The molecule has 2 aromatic carbocycles. The Kier molecular flexibility index (Phi) is 6.18. The first-order valence-corrected chi connectivity index (χ1v) is 7.70. The first-order valence-electron chi connectivity index (χ1n) is 7.32. The molecule has 23 heavy (non-hydrogen) atoms. The summed E-state index contributed by atoms with van der Waals surface area (Å²) < 4.78 is 0. The van der Waals surface area contributed by atoms with Crippen molar-refractivity contribution in [3.05, 3.63) is 70.7 Å². The van der Waals surface area contributed by atoms with E-state index in [9.17, 15) is 9.59 Å². The number of nitrogens with one attached hydrogen (secondary N) is 1. The zero-order chi connectivity index (χ0) is 16.7. The molecule has 0 aliphatic heterocycles. The predicted octanol–water partition coefficient (Wildman–Crippen LogP) is 3.60. The number of benzene rings is 2. The minimum absolute atomic E-state index is 0.0711. The number of aliphatic carboxylic acids is 1. The number of carboxylic acid groups (broad SMARTS) is 1. The molecule has 0 aliphatic carbocycles. The topological polar surface area (TPSA) is 66.4 Å². The van der Waals surface area contributed by atoms with Gasteiger partial charge in [0.1, 0.15) is 0 Å². The molecule has 1 atom stereocenters. The highest BCUT2D eigenvalue weighted by atomic mass is 35.5. The van der Waals surface area contributed by atoms with Gasteiger partial charge in [0.2, 0.25) is 5.91 Å². The summed E-state index contributed by atoms with van der Waals surface area (Å²) in [5.74, 6) is -1.42. The van der Waals surface area contributed by atoms with E-state index in [0.717, 1.165) is 11.1 Å². The summed E-state index contributed by atoms with van der Waals surface area (Å²) in [6.07, 6.45) is 0.0717. The molecule has 120 valence electrons. The van der Waals surface area contributed by atoms with E-state index in [1.165, 1.54) is 0 Å². The van der Waals surface area contributed by atoms with Crippen LogP contribution in [0, 0.1) is 0 Å². The van der Waals surface area contributed by atoms with Crippen LogP contribution in [0.1, 0.15) is 29.9 Å². The maximum absolute atomic E-state index is 12.1. The molecule has 0 saturated heterocycles. The largest absolute Gasteiger partial charge is 0.481 e. The van der Waals surface area contributed by atoms with Crippen molar-refractivity contribution in [1.82, 2.24) is 5.32 Å². The van der Waals surface area contributed by atoms with Crippen molar-refractivity contribution in [1.29, 1.82) is 0 Å². The fourth-order valence-corrected chi connectivity index (χ4v) is 2.47. The average molecular weight is 332 g/mol. The molecule has 1 amide bonds. The summed E-state index contributed by atoms with van der Waals surface area (Å²) in [6, 6.07) is 16.5. The molecule has 0 unspecified atom stereocenters. The summed E-state index contributed by atoms with van der Waals surface area (Å²) in [5.41, 5.74) is 1.80. The Labute approximate surface area is 140 Å². The minimum atomic E-state index is -0.913. The van der Waals surface area contributed by atoms with Gasteiger partial charge in [0.25, 0.3) is 0 Å². The van der Waals surface area contributed by atoms with E-state index in [0.29, 0.717) is 11.6 Å². The summed E-state index contributed by atoms with van der Waals surface area (Å²) in [5, 5.41) is 12.5. The highest BCUT2D eigenvalue weighted by molar-refractivity contribution is 6.30. The van der Waals surface area contributed by atoms with Gasteiger partial charge in [-0.15, -0.1) is 0 Å². The molecule has 0 fully saturated rings. The molecule has 0 bridgehead atoms. The fourth-order valence-electron chi connectivity index (χ4n) is 2.34. The lowest BCUT2D eigenvalue weighted by atomic mass is 9.92. The van der Waals surface area contributed by atoms with E-state index < -0.39 is 5.97 Å². The zero-order valence-corrected chi connectivity index (χ0v) is 13.3. The second-order valence-electron chi connectivity index (χ2n) is 5.31. The van der Waals surface area contributed by atoms with Gasteiger partial charge in [0.15, 0.2) is 0 Å². The summed E-state index contributed by atoms with van der Waals surface area (Å²) in [4.78, 5) is 23.2. The SMILES string of the molecule is O=C(O)C[C@@H](CC(=O)NCc1ccc(Cl)cc1)c1ccccc1. The van der Waals surface area contributed by atoms with Gasteiger partial charge in [0.05, 0.1) is 6.42 Å². The molecule has 2 rings (SSSR count). The maximum atomic E-state index is 12.1. The molecule has 0 radical (unpaired) electrons. The number of hydrogen-bond acceptors (Lipinski definition) is 2. The summed E-state index contributed by atoms with van der Waals surface area (Å²) in [7, 11) is 0. The van der Waals surface area contributed by atoms with Crippen LogP contribution in [0.3, 0.4) is 0 Å². The highest BCUT2D eigenvalue weighted by Crippen LogP contribution is 2.23. The molecular weight excluding hydrogens is 314 g/mol. The number of carboxylic acids is 1. The zero-order valence-electron chi connectivity index (χ0n) is 12.5. The molecule has 5 heteroatoms. The second kappa shape index (κ2) is 8.34. The lowest BCUT2D eigenvalue weighted by molar-refractivity contribution is -0.137. The van der Waals surface area contributed by atoms with Crippen molar-refractivity contribution in [3.8, 4) is 0 Å². The Bertz CT molecular complexity index is 656. The van der Waals surface area contributed by atoms with Gasteiger partial charge in [-0.05, 0) is 23.3 Å². The Hall–Kier alpha value is -2.33. The minimum Gasteiger partial charge on any atom is -0.481 e. The average Bonchev–Trinajstić information content (AvgIpc) is 2.54. The van der Waals surface area contributed by atoms with Gasteiger partial charge in [-0.3, -0.25) is 9.59 Å². The lowest BCUT2D eigenvalue weighted by Crippen LogP contribution is -2.25. The van der Waals surface area contributed by atoms with E-state index in [4.69, 9.17) is 16.7 Å². The van der Waals surface area contributed by atoms with Crippen LogP contribution in [0.4, 0.5) is 0 Å². The molecule has 0 spiro atoms. The Morgan fingerprint density at radius 1 is 1.00 bits per heavy atom. The summed E-state index contributed by atoms with van der Waals surface area (Å²) >= 11 is 5.82. The first kappa shape index (κ1) is 17.0. The quantitative estimate of drug-likeness (QED) is 0.814. The molecule has 0 aliphatic rings. The third kappa shape index (κ3) is 5.75. The van der Waals surface area contributed by atoms with Gasteiger partial charge in [0, 0.05) is 23.9 Å². The van der Waals surface area contributed by atoms with Crippen molar-refractivity contribution >= 4 is 23.5 Å². The van der Waals surface area contributed by atoms with Gasteiger partial charge in [-0.1, -0.05) is 54.1 Å². The summed E-state index contributed by atoms with van der Waals surface area (Å²) in [6.45, 7) is 0.393. The van der Waals surface area contributed by atoms with Crippen LogP contribution in [0.2, 0.25) is 5.02 Å². The van der Waals surface area contributed by atoms with E-state index in [-0.39, 0.29) is 24.7 Å². The Morgan fingerprint density at radius 2 is 1.65 bits per heavy atom. The van der Waals surface area contributed by atoms with Crippen LogP contribution < -0.4 is 5.32 Å². The predicted molar refractivity (Wildman–Crippen MR) is 89.4 cm³/mol. The number of halogens is 1. The van der Waals surface area contributed by atoms with E-state index >= 15 is 0 Å². The van der Waals surface area contributed by atoms with E-state index in [2.05, 4.69) is 5.32 Å². The molecule has 2 N–H and O–H groups in total. The van der Waals surface area contributed by atoms with Gasteiger partial charge in [-0.25, -0.2) is 0 Å². The third-order valence-electron chi connectivity index (χ3n) is 3.53. The standard InChI is InChI=1S/C18H18ClNO3/c19-16-8-6-13(7-9-16)12-20-17(21)10-15(11-18(22)23)14-4-2-1-3-5-14/h1-9,15H,10-12H2,(H,20,21)(H,22,23)/t15-/m1/s1. The molecule has 0 heterocycles. The highest BCUT2D eigenvalue weighted by Gasteiger charge is 2.19. The van der Waals surface area contributed by atoms with Crippen molar-refractivity contribution in [2.24, 2.45) is 0 Å². The van der Waals surface area contributed by atoms with Crippen LogP contribution in [-0.2, 0) is 16.1 Å². The Balaban J connectivity index is 1.94. The van der Waals surface area contributed by atoms with Gasteiger partial charge < -0.3 is 10.4 Å². The number of carbonyl (C=O) groups excluding carboxylic acids is 1. The number of carbonyl (C=O) groups is 2.